The number of hydrogen-bond acceptors (Lipinski definition) is 2. The Morgan fingerprint density at radius 3 is 2.65 bits per heavy atom. The summed E-state index contributed by atoms with van der Waals surface area (Å²) in [4.78, 5) is 13.0. The van der Waals surface area contributed by atoms with Crippen LogP contribution in [0.5, 0.6) is 0 Å². The molecule has 0 saturated carbocycles. The summed E-state index contributed by atoms with van der Waals surface area (Å²) in [5.74, 6) is 0. The van der Waals surface area contributed by atoms with E-state index in [2.05, 4.69) is 5.32 Å². The highest BCUT2D eigenvalue weighted by Crippen LogP contribution is 2.30. The molecule has 20 heavy (non-hydrogen) atoms. The third-order valence-corrected chi connectivity index (χ3v) is 2.67. The lowest BCUT2D eigenvalue weighted by molar-refractivity contribution is -0.137. The van der Waals surface area contributed by atoms with Gasteiger partial charge in [-0.3, -0.25) is 0 Å². The van der Waals surface area contributed by atoms with Gasteiger partial charge in [0.15, 0.2) is 0 Å². The second kappa shape index (κ2) is 6.60. The summed E-state index contributed by atoms with van der Waals surface area (Å²) in [5, 5.41) is 11.5. The molecule has 2 amide bonds. The van der Waals surface area contributed by atoms with Gasteiger partial charge in [0.1, 0.15) is 0 Å². The van der Waals surface area contributed by atoms with Crippen LogP contribution in [-0.4, -0.2) is 35.7 Å². The van der Waals surface area contributed by atoms with Crippen LogP contribution in [0.15, 0.2) is 24.3 Å². The van der Waals surface area contributed by atoms with E-state index in [4.69, 9.17) is 5.11 Å². The number of amides is 2. The fourth-order valence-electron chi connectivity index (χ4n) is 1.47. The highest BCUT2D eigenvalue weighted by Gasteiger charge is 2.30. The van der Waals surface area contributed by atoms with Crippen LogP contribution >= 0.6 is 0 Å². The number of nitrogens with one attached hydrogen (secondary N) is 1. The second-order valence-electron chi connectivity index (χ2n) is 4.57. The van der Waals surface area contributed by atoms with Crippen LogP contribution in [0.4, 0.5) is 23.7 Å². The van der Waals surface area contributed by atoms with Gasteiger partial charge in [0.2, 0.25) is 0 Å². The van der Waals surface area contributed by atoms with Crippen LogP contribution in [0, 0.1) is 0 Å². The molecule has 0 spiro atoms. The molecule has 0 aliphatic heterocycles. The van der Waals surface area contributed by atoms with E-state index in [-0.39, 0.29) is 5.69 Å². The molecule has 1 aromatic rings. The maximum atomic E-state index is 12.5. The van der Waals surface area contributed by atoms with Crippen LogP contribution in [0.3, 0.4) is 0 Å². The number of urea groups is 1. The zero-order chi connectivity index (χ0) is 15.3. The van der Waals surface area contributed by atoms with E-state index < -0.39 is 23.9 Å². The van der Waals surface area contributed by atoms with Crippen molar-refractivity contribution in [2.45, 2.75) is 25.6 Å². The Labute approximate surface area is 115 Å². The number of halogens is 3. The summed E-state index contributed by atoms with van der Waals surface area (Å²) in [5.41, 5.74) is -0.740. The lowest BCUT2D eigenvalue weighted by Crippen LogP contribution is -2.33. The highest BCUT2D eigenvalue weighted by molar-refractivity contribution is 5.89. The standard InChI is InChI=1S/C13H17F3N2O2/c1-9(19)6-7-18(2)12(20)17-11-5-3-4-10(8-11)13(14,15)16/h3-5,8-9,19H,6-7H2,1-2H3,(H,17,20). The fraction of sp³-hybridized carbons (Fsp3) is 0.462. The van der Waals surface area contributed by atoms with Crippen LogP contribution in [-0.2, 0) is 6.18 Å². The lowest BCUT2D eigenvalue weighted by atomic mass is 10.2. The van der Waals surface area contributed by atoms with Gasteiger partial charge in [-0.2, -0.15) is 13.2 Å². The smallest absolute Gasteiger partial charge is 0.393 e. The van der Waals surface area contributed by atoms with Crippen molar-refractivity contribution in [1.29, 1.82) is 0 Å². The summed E-state index contributed by atoms with van der Waals surface area (Å²) in [6, 6.07) is 3.90. The van der Waals surface area contributed by atoms with Crippen LogP contribution in [0.25, 0.3) is 0 Å². The third kappa shape index (κ3) is 5.08. The van der Waals surface area contributed by atoms with E-state index in [0.29, 0.717) is 13.0 Å². The van der Waals surface area contributed by atoms with Gasteiger partial charge in [-0.15, -0.1) is 0 Å². The zero-order valence-corrected chi connectivity index (χ0v) is 11.2. The lowest BCUT2D eigenvalue weighted by Gasteiger charge is -2.19. The van der Waals surface area contributed by atoms with E-state index in [1.54, 1.807) is 6.92 Å². The largest absolute Gasteiger partial charge is 0.416 e. The van der Waals surface area contributed by atoms with Crippen molar-refractivity contribution in [3.63, 3.8) is 0 Å². The minimum Gasteiger partial charge on any atom is -0.393 e. The maximum Gasteiger partial charge on any atom is 0.416 e. The van der Waals surface area contributed by atoms with Gasteiger partial charge < -0.3 is 15.3 Å². The SMILES string of the molecule is CC(O)CCN(C)C(=O)Nc1cccc(C(F)(F)F)c1. The molecule has 1 unspecified atom stereocenters. The van der Waals surface area contributed by atoms with Crippen molar-refractivity contribution in [2.75, 3.05) is 18.9 Å². The van der Waals surface area contributed by atoms with Gasteiger partial charge in [0, 0.05) is 19.3 Å². The molecule has 1 atom stereocenters. The molecular formula is C13H17F3N2O2. The Kier molecular flexibility index (Phi) is 5.38. The number of alkyl halides is 3. The van der Waals surface area contributed by atoms with Gasteiger partial charge in [0.05, 0.1) is 11.7 Å². The minimum absolute atomic E-state index is 0.0775. The van der Waals surface area contributed by atoms with Crippen molar-refractivity contribution in [3.8, 4) is 0 Å². The number of carbonyl (C=O) groups is 1. The molecule has 112 valence electrons. The number of aliphatic hydroxyl groups is 1. The third-order valence-electron chi connectivity index (χ3n) is 2.67. The molecule has 0 saturated heterocycles. The molecule has 0 aromatic heterocycles. The van der Waals surface area contributed by atoms with Gasteiger partial charge in [0.25, 0.3) is 0 Å². The van der Waals surface area contributed by atoms with Crippen molar-refractivity contribution in [1.82, 2.24) is 4.90 Å². The van der Waals surface area contributed by atoms with E-state index >= 15 is 0 Å². The monoisotopic (exact) mass is 290 g/mol. The number of benzene rings is 1. The molecule has 0 fully saturated rings. The molecule has 2 N–H and O–H groups in total. The summed E-state index contributed by atoms with van der Waals surface area (Å²) >= 11 is 0. The molecule has 1 aromatic carbocycles. The first-order valence-corrected chi connectivity index (χ1v) is 6.07. The molecule has 4 nitrogen and oxygen atoms in total. The fourth-order valence-corrected chi connectivity index (χ4v) is 1.47. The molecule has 0 heterocycles. The second-order valence-corrected chi connectivity index (χ2v) is 4.57. The van der Waals surface area contributed by atoms with Crippen molar-refractivity contribution < 1.29 is 23.1 Å². The van der Waals surface area contributed by atoms with Crippen molar-refractivity contribution in [2.24, 2.45) is 0 Å². The predicted molar refractivity (Wildman–Crippen MR) is 69.4 cm³/mol. The first kappa shape index (κ1) is 16.3. The summed E-state index contributed by atoms with van der Waals surface area (Å²) in [6.07, 6.45) is -4.59. The molecule has 7 heteroatoms. The summed E-state index contributed by atoms with van der Waals surface area (Å²) in [7, 11) is 1.51. The van der Waals surface area contributed by atoms with Crippen LogP contribution in [0.2, 0.25) is 0 Å². The van der Waals surface area contributed by atoms with Crippen LogP contribution in [0.1, 0.15) is 18.9 Å². The molecular weight excluding hydrogens is 273 g/mol. The topological polar surface area (TPSA) is 52.6 Å². The molecule has 0 bridgehead atoms. The molecule has 0 aliphatic carbocycles. The molecule has 1 rings (SSSR count). The van der Waals surface area contributed by atoms with Crippen LogP contribution < -0.4 is 5.32 Å². The van der Waals surface area contributed by atoms with E-state index in [1.807, 2.05) is 0 Å². The van der Waals surface area contributed by atoms with Gasteiger partial charge in [-0.1, -0.05) is 6.07 Å². The van der Waals surface area contributed by atoms with Crippen molar-refractivity contribution >= 4 is 11.7 Å². The quantitative estimate of drug-likeness (QED) is 0.895. The summed E-state index contributed by atoms with van der Waals surface area (Å²) in [6.45, 7) is 1.90. The first-order chi connectivity index (χ1) is 9.20. The Hall–Kier alpha value is -1.76. The van der Waals surface area contributed by atoms with E-state index in [9.17, 15) is 18.0 Å². The van der Waals surface area contributed by atoms with Crippen molar-refractivity contribution in [3.05, 3.63) is 29.8 Å². The van der Waals surface area contributed by atoms with Gasteiger partial charge >= 0.3 is 12.2 Å². The first-order valence-electron chi connectivity index (χ1n) is 6.07. The maximum absolute atomic E-state index is 12.5. The van der Waals surface area contributed by atoms with E-state index in [1.165, 1.54) is 24.1 Å². The normalized spacial score (nSPS) is 12.9. The van der Waals surface area contributed by atoms with E-state index in [0.717, 1.165) is 12.1 Å². The Bertz CT molecular complexity index is 461. The van der Waals surface area contributed by atoms with Gasteiger partial charge in [-0.05, 0) is 31.5 Å². The Morgan fingerprint density at radius 2 is 2.10 bits per heavy atom. The van der Waals surface area contributed by atoms with Gasteiger partial charge in [-0.25, -0.2) is 4.79 Å². The summed E-state index contributed by atoms with van der Waals surface area (Å²) < 4.78 is 37.6. The number of aliphatic hydroxyl groups excluding tert-OH is 1. The minimum atomic E-state index is -4.45. The Balaban J connectivity index is 2.66. The number of nitrogens with zero attached hydrogens (tertiary/aromatic N) is 1. The number of anilines is 1. The zero-order valence-electron chi connectivity index (χ0n) is 11.2. The number of carbonyl (C=O) groups excluding carboxylic acids is 1. The molecule has 0 aliphatic rings. The number of hydrogen-bond donors (Lipinski definition) is 2. The highest BCUT2D eigenvalue weighted by atomic mass is 19.4. The number of rotatable bonds is 4. The molecule has 0 radical (unpaired) electrons. The predicted octanol–water partition coefficient (Wildman–Crippen LogP) is 2.94. The average Bonchev–Trinajstić information content (AvgIpc) is 2.35. The average molecular weight is 290 g/mol. The Morgan fingerprint density at radius 1 is 1.45 bits per heavy atom.